The van der Waals surface area contributed by atoms with E-state index in [-0.39, 0.29) is 11.6 Å². The first-order valence-electron chi connectivity index (χ1n) is 8.22. The molecular weight excluding hydrogens is 362 g/mol. The summed E-state index contributed by atoms with van der Waals surface area (Å²) in [7, 11) is 0. The molecule has 27 heavy (non-hydrogen) atoms. The van der Waals surface area contributed by atoms with Crippen LogP contribution in [0.1, 0.15) is 27.3 Å². The Morgan fingerprint density at radius 3 is 2.56 bits per heavy atom. The Balaban J connectivity index is 1.62. The molecular formula is C21H16ClN3O2. The Kier molecular flexibility index (Phi) is 5.70. The number of anilines is 1. The van der Waals surface area contributed by atoms with Crippen molar-refractivity contribution in [2.75, 3.05) is 5.32 Å². The van der Waals surface area contributed by atoms with E-state index in [1.807, 2.05) is 30.3 Å². The molecule has 1 aromatic heterocycles. The van der Waals surface area contributed by atoms with E-state index in [9.17, 15) is 4.79 Å². The number of aromatic nitrogens is 1. The number of rotatable bonds is 5. The van der Waals surface area contributed by atoms with Crippen molar-refractivity contribution in [3.63, 3.8) is 0 Å². The van der Waals surface area contributed by atoms with Crippen molar-refractivity contribution in [3.05, 3.63) is 88.2 Å². The van der Waals surface area contributed by atoms with E-state index in [2.05, 4.69) is 10.3 Å². The zero-order valence-corrected chi connectivity index (χ0v) is 15.3. The number of carbonyl (C=O) groups excluding carboxylic acids is 1. The van der Waals surface area contributed by atoms with Crippen LogP contribution in [-0.4, -0.2) is 10.9 Å². The molecule has 2 aromatic carbocycles. The molecule has 1 heterocycles. The minimum atomic E-state index is -0.340. The number of halogens is 1. The number of ether oxygens (including phenoxy) is 1. The van der Waals surface area contributed by atoms with Gasteiger partial charge in [-0.1, -0.05) is 29.8 Å². The second-order valence-corrected chi connectivity index (χ2v) is 6.21. The summed E-state index contributed by atoms with van der Waals surface area (Å²) in [6, 6.07) is 19.7. The normalized spacial score (nSPS) is 10.1. The van der Waals surface area contributed by atoms with E-state index >= 15 is 0 Å². The van der Waals surface area contributed by atoms with E-state index in [4.69, 9.17) is 21.6 Å². The number of nitriles is 1. The van der Waals surface area contributed by atoms with E-state index in [1.165, 1.54) is 6.07 Å². The maximum Gasteiger partial charge on any atom is 0.274 e. The molecule has 1 N–H and O–H groups in total. The van der Waals surface area contributed by atoms with Crippen LogP contribution >= 0.6 is 11.6 Å². The summed E-state index contributed by atoms with van der Waals surface area (Å²) < 4.78 is 5.72. The molecule has 0 aliphatic rings. The van der Waals surface area contributed by atoms with Crippen LogP contribution in [0.15, 0.2) is 60.7 Å². The lowest BCUT2D eigenvalue weighted by Gasteiger charge is -2.09. The summed E-state index contributed by atoms with van der Waals surface area (Å²) >= 11 is 6.11. The minimum absolute atomic E-state index is 0.255. The molecule has 0 unspecified atom stereocenters. The van der Waals surface area contributed by atoms with Gasteiger partial charge in [-0.05, 0) is 49.4 Å². The van der Waals surface area contributed by atoms with Crippen molar-refractivity contribution in [1.82, 2.24) is 4.98 Å². The van der Waals surface area contributed by atoms with Crippen LogP contribution in [0.5, 0.6) is 5.75 Å². The molecule has 0 saturated heterocycles. The number of hydrogen-bond acceptors (Lipinski definition) is 4. The Bertz CT molecular complexity index is 1010. The van der Waals surface area contributed by atoms with Crippen LogP contribution in [0.25, 0.3) is 0 Å². The highest BCUT2D eigenvalue weighted by atomic mass is 35.5. The van der Waals surface area contributed by atoms with E-state index < -0.39 is 0 Å². The van der Waals surface area contributed by atoms with Crippen molar-refractivity contribution in [2.24, 2.45) is 0 Å². The molecule has 0 spiro atoms. The SMILES string of the molecule is Cc1nc(C(=O)Nc2ccc(OCc3ccccc3Cl)cc2)ccc1C#N. The van der Waals surface area contributed by atoms with Gasteiger partial charge in [0.2, 0.25) is 0 Å². The quantitative estimate of drug-likeness (QED) is 0.696. The fraction of sp³-hybridized carbons (Fsp3) is 0.0952. The molecule has 5 nitrogen and oxygen atoms in total. The van der Waals surface area contributed by atoms with Crippen LogP contribution in [0.2, 0.25) is 5.02 Å². The zero-order chi connectivity index (χ0) is 19.2. The Morgan fingerprint density at radius 2 is 1.89 bits per heavy atom. The molecule has 1 amide bonds. The molecule has 0 fully saturated rings. The van der Waals surface area contributed by atoms with Crippen molar-refractivity contribution < 1.29 is 9.53 Å². The third-order valence-electron chi connectivity index (χ3n) is 3.90. The first-order chi connectivity index (χ1) is 13.1. The van der Waals surface area contributed by atoms with Gasteiger partial charge in [0, 0.05) is 16.3 Å². The minimum Gasteiger partial charge on any atom is -0.489 e. The number of nitrogens with zero attached hydrogens (tertiary/aromatic N) is 2. The van der Waals surface area contributed by atoms with Crippen LogP contribution in [0.3, 0.4) is 0 Å². The van der Waals surface area contributed by atoms with Gasteiger partial charge >= 0.3 is 0 Å². The van der Waals surface area contributed by atoms with E-state index in [0.29, 0.717) is 34.3 Å². The Hall–Kier alpha value is -3.36. The molecule has 134 valence electrons. The van der Waals surface area contributed by atoms with Crippen LogP contribution in [0, 0.1) is 18.3 Å². The van der Waals surface area contributed by atoms with E-state index in [0.717, 1.165) is 5.56 Å². The highest BCUT2D eigenvalue weighted by molar-refractivity contribution is 6.31. The van der Waals surface area contributed by atoms with Crippen LogP contribution < -0.4 is 10.1 Å². The number of amides is 1. The van der Waals surface area contributed by atoms with E-state index in [1.54, 1.807) is 37.3 Å². The molecule has 0 saturated carbocycles. The maximum absolute atomic E-state index is 12.3. The largest absolute Gasteiger partial charge is 0.489 e. The molecule has 0 aliphatic heterocycles. The molecule has 0 atom stereocenters. The lowest BCUT2D eigenvalue weighted by atomic mass is 10.2. The lowest BCUT2D eigenvalue weighted by Crippen LogP contribution is -2.14. The molecule has 6 heteroatoms. The summed E-state index contributed by atoms with van der Waals surface area (Å²) in [4.78, 5) is 16.5. The predicted octanol–water partition coefficient (Wildman–Crippen LogP) is 4.75. The number of hydrogen-bond donors (Lipinski definition) is 1. The van der Waals surface area contributed by atoms with Gasteiger partial charge in [0.1, 0.15) is 24.1 Å². The molecule has 3 aromatic rings. The average Bonchev–Trinajstić information content (AvgIpc) is 2.68. The fourth-order valence-corrected chi connectivity index (χ4v) is 2.60. The van der Waals surface area contributed by atoms with Gasteiger partial charge in [-0.2, -0.15) is 5.26 Å². The monoisotopic (exact) mass is 377 g/mol. The van der Waals surface area contributed by atoms with Crippen molar-refractivity contribution in [3.8, 4) is 11.8 Å². The number of pyridine rings is 1. The van der Waals surface area contributed by atoms with Gasteiger partial charge in [0.25, 0.3) is 5.91 Å². The summed E-state index contributed by atoms with van der Waals surface area (Å²) in [5.74, 6) is 0.326. The Morgan fingerprint density at radius 1 is 1.15 bits per heavy atom. The van der Waals surface area contributed by atoms with Crippen LogP contribution in [-0.2, 0) is 6.61 Å². The average molecular weight is 378 g/mol. The maximum atomic E-state index is 12.3. The molecule has 0 bridgehead atoms. The Labute approximate surface area is 162 Å². The zero-order valence-electron chi connectivity index (χ0n) is 14.6. The first kappa shape index (κ1) is 18.4. The molecule has 0 radical (unpaired) electrons. The van der Waals surface area contributed by atoms with Gasteiger partial charge in [-0.15, -0.1) is 0 Å². The third kappa shape index (κ3) is 4.63. The van der Waals surface area contributed by atoms with Gasteiger partial charge in [0.15, 0.2) is 0 Å². The van der Waals surface area contributed by atoms with Gasteiger partial charge in [-0.3, -0.25) is 4.79 Å². The van der Waals surface area contributed by atoms with Crippen LogP contribution in [0.4, 0.5) is 5.69 Å². The second-order valence-electron chi connectivity index (χ2n) is 5.80. The third-order valence-corrected chi connectivity index (χ3v) is 4.27. The second kappa shape index (κ2) is 8.35. The van der Waals surface area contributed by atoms with Crippen molar-refractivity contribution in [2.45, 2.75) is 13.5 Å². The summed E-state index contributed by atoms with van der Waals surface area (Å²) in [6.45, 7) is 2.06. The molecule has 3 rings (SSSR count). The van der Waals surface area contributed by atoms with Gasteiger partial charge in [-0.25, -0.2) is 4.98 Å². The summed E-state index contributed by atoms with van der Waals surface area (Å²) in [6.07, 6.45) is 0. The summed E-state index contributed by atoms with van der Waals surface area (Å²) in [5.41, 5.74) is 2.75. The van der Waals surface area contributed by atoms with Gasteiger partial charge in [0.05, 0.1) is 11.3 Å². The molecule has 0 aliphatic carbocycles. The van der Waals surface area contributed by atoms with Crippen molar-refractivity contribution >= 4 is 23.2 Å². The summed E-state index contributed by atoms with van der Waals surface area (Å²) in [5, 5.41) is 12.4. The number of aryl methyl sites for hydroxylation is 1. The lowest BCUT2D eigenvalue weighted by molar-refractivity contribution is 0.102. The smallest absolute Gasteiger partial charge is 0.274 e. The number of benzene rings is 2. The fourth-order valence-electron chi connectivity index (χ4n) is 2.41. The highest BCUT2D eigenvalue weighted by Crippen LogP contribution is 2.20. The topological polar surface area (TPSA) is 75.0 Å². The highest BCUT2D eigenvalue weighted by Gasteiger charge is 2.10. The number of carbonyl (C=O) groups is 1. The first-order valence-corrected chi connectivity index (χ1v) is 8.60. The standard InChI is InChI=1S/C21H16ClN3O2/c1-14-15(12-23)6-11-20(24-14)21(26)25-17-7-9-18(10-8-17)27-13-16-4-2-3-5-19(16)22/h2-11H,13H2,1H3,(H,25,26). The van der Waals surface area contributed by atoms with Crippen molar-refractivity contribution in [1.29, 1.82) is 5.26 Å². The predicted molar refractivity (Wildman–Crippen MR) is 104 cm³/mol. The van der Waals surface area contributed by atoms with Gasteiger partial charge < -0.3 is 10.1 Å². The number of nitrogens with one attached hydrogen (secondary N) is 1.